The molecule has 0 spiro atoms. The fourth-order valence-electron chi connectivity index (χ4n) is 3.28. The number of carbonyl (C=O) groups excluding carboxylic acids is 1. The molecule has 3 aromatic rings. The van der Waals surface area contributed by atoms with Crippen LogP contribution in [0.2, 0.25) is 0 Å². The molecule has 30 heavy (non-hydrogen) atoms. The first-order valence-electron chi connectivity index (χ1n) is 9.72. The summed E-state index contributed by atoms with van der Waals surface area (Å²) in [7, 11) is -2.23. The quantitative estimate of drug-likeness (QED) is 0.630. The van der Waals surface area contributed by atoms with Crippen LogP contribution in [-0.4, -0.2) is 21.4 Å². The van der Waals surface area contributed by atoms with Gasteiger partial charge in [-0.05, 0) is 62.2 Å². The molecule has 0 aliphatic carbocycles. The molecule has 5 nitrogen and oxygen atoms in total. The molecule has 0 bridgehead atoms. The van der Waals surface area contributed by atoms with Crippen molar-refractivity contribution in [2.75, 3.05) is 11.4 Å². The molecular formula is C24H26N2O3S. The zero-order valence-corrected chi connectivity index (χ0v) is 18.4. The van der Waals surface area contributed by atoms with Gasteiger partial charge in [0.2, 0.25) is 0 Å². The van der Waals surface area contributed by atoms with Crippen LogP contribution in [0.3, 0.4) is 0 Å². The van der Waals surface area contributed by atoms with E-state index in [1.54, 1.807) is 48.5 Å². The monoisotopic (exact) mass is 422 g/mol. The van der Waals surface area contributed by atoms with Gasteiger partial charge < -0.3 is 5.32 Å². The van der Waals surface area contributed by atoms with Gasteiger partial charge in [0.1, 0.15) is 0 Å². The number of anilines is 1. The standard InChI is InChI=1S/C24H26N2O3S/c1-17-12-14-22(15-13-17)30(28,29)26(4)21-10-7-9-20(16-21)24(27)25-19(3)23-11-6-5-8-18(23)2/h5-16,19H,1-4H3,(H,25,27). The van der Waals surface area contributed by atoms with E-state index < -0.39 is 10.0 Å². The van der Waals surface area contributed by atoms with Gasteiger partial charge in [0, 0.05) is 12.6 Å². The summed E-state index contributed by atoms with van der Waals surface area (Å²) in [5.74, 6) is -0.256. The first-order valence-corrected chi connectivity index (χ1v) is 11.2. The molecule has 1 amide bonds. The third-order valence-corrected chi connectivity index (χ3v) is 6.95. The van der Waals surface area contributed by atoms with Crippen LogP contribution in [0.25, 0.3) is 0 Å². The molecule has 0 aromatic heterocycles. The second kappa shape index (κ2) is 8.71. The highest BCUT2D eigenvalue weighted by atomic mass is 32.2. The zero-order valence-electron chi connectivity index (χ0n) is 17.6. The summed E-state index contributed by atoms with van der Waals surface area (Å²) in [6.45, 7) is 5.84. The zero-order chi connectivity index (χ0) is 21.9. The highest BCUT2D eigenvalue weighted by Gasteiger charge is 2.22. The minimum Gasteiger partial charge on any atom is -0.346 e. The van der Waals surface area contributed by atoms with E-state index in [2.05, 4.69) is 5.32 Å². The Bertz CT molecular complexity index is 1160. The molecule has 0 heterocycles. The molecule has 0 aliphatic heterocycles. The lowest BCUT2D eigenvalue weighted by Gasteiger charge is -2.21. The van der Waals surface area contributed by atoms with Crippen LogP contribution >= 0.6 is 0 Å². The minimum atomic E-state index is -3.72. The normalized spacial score (nSPS) is 12.3. The summed E-state index contributed by atoms with van der Waals surface area (Å²) >= 11 is 0. The highest BCUT2D eigenvalue weighted by molar-refractivity contribution is 7.92. The molecule has 1 unspecified atom stereocenters. The molecule has 3 aromatic carbocycles. The van der Waals surface area contributed by atoms with Crippen molar-refractivity contribution in [2.45, 2.75) is 31.7 Å². The smallest absolute Gasteiger partial charge is 0.264 e. The predicted molar refractivity (Wildman–Crippen MR) is 120 cm³/mol. The van der Waals surface area contributed by atoms with Gasteiger partial charge in [-0.25, -0.2) is 8.42 Å². The van der Waals surface area contributed by atoms with Crippen molar-refractivity contribution in [1.82, 2.24) is 5.32 Å². The van der Waals surface area contributed by atoms with Gasteiger partial charge in [-0.1, -0.05) is 48.0 Å². The molecular weight excluding hydrogens is 396 g/mol. The fourth-order valence-corrected chi connectivity index (χ4v) is 4.47. The number of aryl methyl sites for hydroxylation is 2. The Morgan fingerprint density at radius 2 is 1.60 bits per heavy atom. The molecule has 156 valence electrons. The lowest BCUT2D eigenvalue weighted by molar-refractivity contribution is 0.0940. The van der Waals surface area contributed by atoms with E-state index in [1.165, 1.54) is 11.4 Å². The molecule has 0 saturated carbocycles. The summed E-state index contributed by atoms with van der Waals surface area (Å²) in [4.78, 5) is 13.0. The number of nitrogens with one attached hydrogen (secondary N) is 1. The van der Waals surface area contributed by atoms with Gasteiger partial charge in [0.15, 0.2) is 0 Å². The van der Waals surface area contributed by atoms with E-state index in [9.17, 15) is 13.2 Å². The topological polar surface area (TPSA) is 66.5 Å². The maximum Gasteiger partial charge on any atom is 0.264 e. The number of nitrogens with zero attached hydrogens (tertiary/aromatic N) is 1. The Labute approximate surface area is 178 Å². The Hall–Kier alpha value is -3.12. The van der Waals surface area contributed by atoms with Gasteiger partial charge in [0.05, 0.1) is 16.6 Å². The number of rotatable bonds is 6. The van der Waals surface area contributed by atoms with E-state index in [4.69, 9.17) is 0 Å². The van der Waals surface area contributed by atoms with Crippen molar-refractivity contribution in [2.24, 2.45) is 0 Å². The predicted octanol–water partition coefficient (Wildman–Crippen LogP) is 4.62. The molecule has 6 heteroatoms. The molecule has 3 rings (SSSR count). The lowest BCUT2D eigenvalue weighted by Crippen LogP contribution is -2.29. The van der Waals surface area contributed by atoms with Crippen LogP contribution in [0, 0.1) is 13.8 Å². The average molecular weight is 423 g/mol. The molecule has 1 atom stereocenters. The number of benzene rings is 3. The lowest BCUT2D eigenvalue weighted by atomic mass is 10.0. The first kappa shape index (κ1) is 21.6. The van der Waals surface area contributed by atoms with Crippen LogP contribution in [0.5, 0.6) is 0 Å². The Morgan fingerprint density at radius 3 is 2.27 bits per heavy atom. The maximum absolute atomic E-state index is 13.0. The number of amides is 1. The number of sulfonamides is 1. The van der Waals surface area contributed by atoms with E-state index in [-0.39, 0.29) is 16.8 Å². The van der Waals surface area contributed by atoms with Crippen LogP contribution in [0.4, 0.5) is 5.69 Å². The SMILES string of the molecule is Cc1ccc(S(=O)(=O)N(C)c2cccc(C(=O)NC(C)c3ccccc3C)c2)cc1. The van der Waals surface area contributed by atoms with Crippen molar-refractivity contribution in [3.05, 3.63) is 95.1 Å². The van der Waals surface area contributed by atoms with Crippen molar-refractivity contribution >= 4 is 21.6 Å². The van der Waals surface area contributed by atoms with Gasteiger partial charge in [-0.15, -0.1) is 0 Å². The second-order valence-electron chi connectivity index (χ2n) is 7.39. The van der Waals surface area contributed by atoms with E-state index >= 15 is 0 Å². The molecule has 0 aliphatic rings. The van der Waals surface area contributed by atoms with Crippen molar-refractivity contribution in [3.8, 4) is 0 Å². The van der Waals surface area contributed by atoms with E-state index in [1.807, 2.05) is 45.0 Å². The second-order valence-corrected chi connectivity index (χ2v) is 9.36. The summed E-state index contributed by atoms with van der Waals surface area (Å²) < 4.78 is 27.1. The molecule has 0 saturated heterocycles. The van der Waals surface area contributed by atoms with Gasteiger partial charge in [-0.2, -0.15) is 0 Å². The fraction of sp³-hybridized carbons (Fsp3) is 0.208. The summed E-state index contributed by atoms with van der Waals surface area (Å²) in [6.07, 6.45) is 0. The summed E-state index contributed by atoms with van der Waals surface area (Å²) in [5, 5.41) is 2.99. The number of carbonyl (C=O) groups is 1. The third kappa shape index (κ3) is 4.54. The van der Waals surface area contributed by atoms with E-state index in [0.29, 0.717) is 11.3 Å². The largest absolute Gasteiger partial charge is 0.346 e. The van der Waals surface area contributed by atoms with Crippen molar-refractivity contribution in [1.29, 1.82) is 0 Å². The summed E-state index contributed by atoms with van der Waals surface area (Å²) in [6, 6.07) is 21.0. The van der Waals surface area contributed by atoms with Crippen LogP contribution in [-0.2, 0) is 10.0 Å². The van der Waals surface area contributed by atoms with Crippen LogP contribution in [0.1, 0.15) is 40.0 Å². The van der Waals surface area contributed by atoms with Crippen LogP contribution < -0.4 is 9.62 Å². The van der Waals surface area contributed by atoms with E-state index in [0.717, 1.165) is 16.7 Å². The van der Waals surface area contributed by atoms with Crippen molar-refractivity contribution < 1.29 is 13.2 Å². The maximum atomic E-state index is 13.0. The van der Waals surface area contributed by atoms with Gasteiger partial charge in [0.25, 0.3) is 15.9 Å². The Balaban J connectivity index is 1.82. The Kier molecular flexibility index (Phi) is 6.27. The van der Waals surface area contributed by atoms with Gasteiger partial charge >= 0.3 is 0 Å². The summed E-state index contributed by atoms with van der Waals surface area (Å²) in [5.41, 5.74) is 3.95. The minimum absolute atomic E-state index is 0.170. The molecule has 1 N–H and O–H groups in total. The molecule has 0 fully saturated rings. The number of hydrogen-bond donors (Lipinski definition) is 1. The van der Waals surface area contributed by atoms with Gasteiger partial charge in [-0.3, -0.25) is 9.10 Å². The highest BCUT2D eigenvalue weighted by Crippen LogP contribution is 2.24. The number of hydrogen-bond acceptors (Lipinski definition) is 3. The average Bonchev–Trinajstić information content (AvgIpc) is 2.73. The Morgan fingerprint density at radius 1 is 0.933 bits per heavy atom. The first-order chi connectivity index (χ1) is 14.2. The van der Waals surface area contributed by atoms with Crippen LogP contribution in [0.15, 0.2) is 77.7 Å². The third-order valence-electron chi connectivity index (χ3n) is 5.15. The molecule has 0 radical (unpaired) electrons. The van der Waals surface area contributed by atoms with Crippen molar-refractivity contribution in [3.63, 3.8) is 0 Å².